The number of rotatable bonds is 4. The monoisotopic (exact) mass is 297 g/mol. The minimum atomic E-state index is -0.602. The Labute approximate surface area is 120 Å². The maximum Gasteiger partial charge on any atom is 0.361 e. The van der Waals surface area contributed by atoms with Crippen molar-refractivity contribution in [3.8, 4) is 0 Å². The fourth-order valence-electron chi connectivity index (χ4n) is 1.71. The summed E-state index contributed by atoms with van der Waals surface area (Å²) in [6.45, 7) is 2.04. The summed E-state index contributed by atoms with van der Waals surface area (Å²) in [5.74, 6) is -1.00. The molecule has 1 aromatic carbocycles. The number of esters is 1. The molecular weight excluding hydrogens is 285 g/mol. The number of nitrogens with zero attached hydrogens (tertiary/aromatic N) is 2. The molecule has 0 aliphatic carbocycles. The quantitative estimate of drug-likeness (QED) is 0.880. The number of aromatic nitrogens is 2. The summed E-state index contributed by atoms with van der Waals surface area (Å²) in [4.78, 5) is 11.6. The number of hydrogen-bond acceptors (Lipinski definition) is 4. The molecule has 0 fully saturated rings. The van der Waals surface area contributed by atoms with E-state index in [0.717, 1.165) is 0 Å². The second-order valence-corrected chi connectivity index (χ2v) is 4.52. The van der Waals surface area contributed by atoms with Gasteiger partial charge in [-0.2, -0.15) is 5.10 Å². The van der Waals surface area contributed by atoms with E-state index in [4.69, 9.17) is 22.1 Å². The van der Waals surface area contributed by atoms with Crippen molar-refractivity contribution in [1.29, 1.82) is 0 Å². The molecule has 7 heteroatoms. The van der Waals surface area contributed by atoms with E-state index in [2.05, 4.69) is 5.10 Å². The number of hydrogen-bond donors (Lipinski definition) is 1. The maximum absolute atomic E-state index is 13.6. The van der Waals surface area contributed by atoms with Crippen LogP contribution in [0.15, 0.2) is 24.4 Å². The van der Waals surface area contributed by atoms with E-state index >= 15 is 0 Å². The standard InChI is InChI=1S/C13H13ClFN3O2/c1-2-20-13(19)12-11(16)7-18(17-12)6-8-5-9(14)3-4-10(8)15/h3-5,7H,2,6,16H2,1H3. The zero-order valence-electron chi connectivity index (χ0n) is 10.8. The van der Waals surface area contributed by atoms with Crippen LogP contribution in [0.3, 0.4) is 0 Å². The van der Waals surface area contributed by atoms with Crippen LogP contribution in [0.2, 0.25) is 5.02 Å². The van der Waals surface area contributed by atoms with Crippen molar-refractivity contribution in [3.05, 3.63) is 46.5 Å². The number of benzene rings is 1. The fraction of sp³-hybridized carbons (Fsp3) is 0.231. The van der Waals surface area contributed by atoms with E-state index in [9.17, 15) is 9.18 Å². The van der Waals surface area contributed by atoms with E-state index in [-0.39, 0.29) is 24.5 Å². The van der Waals surface area contributed by atoms with Gasteiger partial charge >= 0.3 is 5.97 Å². The molecule has 0 bridgehead atoms. The number of nitrogen functional groups attached to an aromatic ring is 1. The smallest absolute Gasteiger partial charge is 0.361 e. The highest BCUT2D eigenvalue weighted by molar-refractivity contribution is 6.30. The topological polar surface area (TPSA) is 70.1 Å². The van der Waals surface area contributed by atoms with Crippen LogP contribution in [0.4, 0.5) is 10.1 Å². The summed E-state index contributed by atoms with van der Waals surface area (Å²) in [6, 6.07) is 4.23. The zero-order chi connectivity index (χ0) is 14.7. The Hall–Kier alpha value is -2.08. The Morgan fingerprint density at radius 3 is 3.00 bits per heavy atom. The summed E-state index contributed by atoms with van der Waals surface area (Å²) in [5.41, 5.74) is 6.26. The van der Waals surface area contributed by atoms with Gasteiger partial charge in [0, 0.05) is 16.8 Å². The lowest BCUT2D eigenvalue weighted by Crippen LogP contribution is -2.09. The normalized spacial score (nSPS) is 10.6. The summed E-state index contributed by atoms with van der Waals surface area (Å²) in [5, 5.41) is 4.43. The number of anilines is 1. The highest BCUT2D eigenvalue weighted by Gasteiger charge is 2.16. The second kappa shape index (κ2) is 5.92. The average Bonchev–Trinajstić information content (AvgIpc) is 2.75. The predicted octanol–water partition coefficient (Wildman–Crippen LogP) is 2.48. The maximum atomic E-state index is 13.6. The molecule has 2 aromatic rings. The summed E-state index contributed by atoms with van der Waals surface area (Å²) < 4.78 is 19.8. The molecule has 0 aliphatic rings. The summed E-state index contributed by atoms with van der Waals surface area (Å²) in [7, 11) is 0. The van der Waals surface area contributed by atoms with Gasteiger partial charge in [-0.3, -0.25) is 4.68 Å². The molecule has 0 saturated carbocycles. The molecule has 0 saturated heterocycles. The number of halogens is 2. The highest BCUT2D eigenvalue weighted by atomic mass is 35.5. The lowest BCUT2D eigenvalue weighted by Gasteiger charge is -2.04. The van der Waals surface area contributed by atoms with Crippen LogP contribution in [0.25, 0.3) is 0 Å². The Bertz CT molecular complexity index is 643. The first kappa shape index (κ1) is 14.3. The predicted molar refractivity (Wildman–Crippen MR) is 73.1 cm³/mol. The second-order valence-electron chi connectivity index (χ2n) is 4.09. The molecule has 20 heavy (non-hydrogen) atoms. The van der Waals surface area contributed by atoms with Gasteiger partial charge in [-0.15, -0.1) is 0 Å². The lowest BCUT2D eigenvalue weighted by molar-refractivity contribution is 0.0519. The van der Waals surface area contributed by atoms with Gasteiger partial charge in [0.25, 0.3) is 0 Å². The third-order valence-electron chi connectivity index (χ3n) is 2.60. The van der Waals surface area contributed by atoms with E-state index in [1.807, 2.05) is 0 Å². The first-order valence-corrected chi connectivity index (χ1v) is 6.33. The van der Waals surface area contributed by atoms with Crippen molar-refractivity contribution < 1.29 is 13.9 Å². The number of nitrogens with two attached hydrogens (primary N) is 1. The van der Waals surface area contributed by atoms with Gasteiger partial charge in [0.2, 0.25) is 0 Å². The van der Waals surface area contributed by atoms with Crippen LogP contribution in [0, 0.1) is 5.82 Å². The van der Waals surface area contributed by atoms with Crippen molar-refractivity contribution in [3.63, 3.8) is 0 Å². The van der Waals surface area contributed by atoms with Crippen molar-refractivity contribution in [1.82, 2.24) is 9.78 Å². The highest BCUT2D eigenvalue weighted by Crippen LogP contribution is 2.17. The first-order chi connectivity index (χ1) is 9.51. The van der Waals surface area contributed by atoms with Gasteiger partial charge in [0.05, 0.1) is 18.8 Å². The molecule has 1 heterocycles. The van der Waals surface area contributed by atoms with Crippen molar-refractivity contribution in [2.75, 3.05) is 12.3 Å². The van der Waals surface area contributed by atoms with Gasteiger partial charge in [-0.1, -0.05) is 11.6 Å². The van der Waals surface area contributed by atoms with Crippen LogP contribution in [-0.2, 0) is 11.3 Å². The lowest BCUT2D eigenvalue weighted by atomic mass is 10.2. The molecule has 0 spiro atoms. The Morgan fingerprint density at radius 2 is 2.30 bits per heavy atom. The number of carbonyl (C=O) groups excluding carboxylic acids is 1. The minimum Gasteiger partial charge on any atom is -0.461 e. The molecule has 0 amide bonds. The Kier molecular flexibility index (Phi) is 4.24. The van der Waals surface area contributed by atoms with Gasteiger partial charge in [0.1, 0.15) is 5.82 Å². The molecule has 0 atom stereocenters. The van der Waals surface area contributed by atoms with Crippen LogP contribution in [-0.4, -0.2) is 22.4 Å². The van der Waals surface area contributed by atoms with E-state index in [1.165, 1.54) is 29.1 Å². The van der Waals surface area contributed by atoms with Crippen LogP contribution in [0.5, 0.6) is 0 Å². The van der Waals surface area contributed by atoms with E-state index < -0.39 is 11.8 Å². The zero-order valence-corrected chi connectivity index (χ0v) is 11.5. The van der Waals surface area contributed by atoms with Crippen LogP contribution >= 0.6 is 11.6 Å². The number of ether oxygens (including phenoxy) is 1. The molecule has 2 rings (SSSR count). The fourth-order valence-corrected chi connectivity index (χ4v) is 1.91. The molecule has 5 nitrogen and oxygen atoms in total. The van der Waals surface area contributed by atoms with E-state index in [0.29, 0.717) is 10.6 Å². The molecule has 2 N–H and O–H groups in total. The summed E-state index contributed by atoms with van der Waals surface area (Å²) in [6.07, 6.45) is 1.45. The van der Waals surface area contributed by atoms with Crippen molar-refractivity contribution in [2.45, 2.75) is 13.5 Å². The Morgan fingerprint density at radius 1 is 1.55 bits per heavy atom. The molecule has 0 unspecified atom stereocenters. The largest absolute Gasteiger partial charge is 0.461 e. The van der Waals surface area contributed by atoms with Gasteiger partial charge in [0.15, 0.2) is 5.69 Å². The molecular formula is C13H13ClFN3O2. The number of carbonyl (C=O) groups is 1. The van der Waals surface area contributed by atoms with Gasteiger partial charge in [-0.25, -0.2) is 9.18 Å². The van der Waals surface area contributed by atoms with Crippen molar-refractivity contribution >= 4 is 23.3 Å². The van der Waals surface area contributed by atoms with Gasteiger partial charge < -0.3 is 10.5 Å². The third kappa shape index (κ3) is 3.08. The first-order valence-electron chi connectivity index (χ1n) is 5.95. The van der Waals surface area contributed by atoms with Gasteiger partial charge in [-0.05, 0) is 25.1 Å². The minimum absolute atomic E-state index is 0.0225. The molecule has 1 aromatic heterocycles. The van der Waals surface area contributed by atoms with Crippen LogP contribution < -0.4 is 5.73 Å². The van der Waals surface area contributed by atoms with Crippen LogP contribution in [0.1, 0.15) is 23.0 Å². The molecule has 0 radical (unpaired) electrons. The van der Waals surface area contributed by atoms with Crippen molar-refractivity contribution in [2.24, 2.45) is 0 Å². The average molecular weight is 298 g/mol. The third-order valence-corrected chi connectivity index (χ3v) is 2.83. The molecule has 106 valence electrons. The Balaban J connectivity index is 2.24. The summed E-state index contributed by atoms with van der Waals surface area (Å²) >= 11 is 5.82. The SMILES string of the molecule is CCOC(=O)c1nn(Cc2cc(Cl)ccc2F)cc1N. The molecule has 0 aliphatic heterocycles. The van der Waals surface area contributed by atoms with E-state index in [1.54, 1.807) is 6.92 Å².